The SMILES string of the molecule is COc1ccc2cc(CN(C)c3ccc(C(N)=O)cc3[N+](=O)[O-])ccc2c1. The molecule has 3 aromatic carbocycles. The molecular formula is C20H19N3O4. The van der Waals surface area contributed by atoms with Gasteiger partial charge in [-0.25, -0.2) is 0 Å². The fraction of sp³-hybridized carbons (Fsp3) is 0.150. The molecule has 0 saturated carbocycles. The fourth-order valence-corrected chi connectivity index (χ4v) is 3.00. The molecule has 0 aromatic heterocycles. The Morgan fingerprint density at radius 2 is 1.81 bits per heavy atom. The van der Waals surface area contributed by atoms with Crippen LogP contribution >= 0.6 is 0 Å². The first-order valence-electron chi connectivity index (χ1n) is 8.25. The predicted molar refractivity (Wildman–Crippen MR) is 104 cm³/mol. The van der Waals surface area contributed by atoms with E-state index >= 15 is 0 Å². The van der Waals surface area contributed by atoms with Crippen LogP contribution in [0.2, 0.25) is 0 Å². The van der Waals surface area contributed by atoms with Crippen molar-refractivity contribution in [1.82, 2.24) is 0 Å². The number of carbonyl (C=O) groups is 1. The second-order valence-corrected chi connectivity index (χ2v) is 6.23. The average molecular weight is 365 g/mol. The molecule has 0 aliphatic rings. The molecular weight excluding hydrogens is 346 g/mol. The molecule has 0 radical (unpaired) electrons. The van der Waals surface area contributed by atoms with E-state index in [2.05, 4.69) is 0 Å². The second-order valence-electron chi connectivity index (χ2n) is 6.23. The summed E-state index contributed by atoms with van der Waals surface area (Å²) in [5.41, 5.74) is 6.60. The quantitative estimate of drug-likeness (QED) is 0.532. The molecule has 3 rings (SSSR count). The zero-order valence-corrected chi connectivity index (χ0v) is 15.0. The van der Waals surface area contributed by atoms with Crippen molar-refractivity contribution >= 4 is 28.1 Å². The summed E-state index contributed by atoms with van der Waals surface area (Å²) in [5.74, 6) is 0.0924. The molecule has 0 aliphatic heterocycles. The fourth-order valence-electron chi connectivity index (χ4n) is 3.00. The van der Waals surface area contributed by atoms with Crippen LogP contribution in [0.1, 0.15) is 15.9 Å². The first-order chi connectivity index (χ1) is 12.9. The molecule has 7 nitrogen and oxygen atoms in total. The molecule has 0 fully saturated rings. The number of nitrogens with two attached hydrogens (primary N) is 1. The number of benzene rings is 3. The molecule has 0 saturated heterocycles. The lowest BCUT2D eigenvalue weighted by molar-refractivity contribution is -0.384. The van der Waals surface area contributed by atoms with E-state index in [1.54, 1.807) is 25.1 Å². The summed E-state index contributed by atoms with van der Waals surface area (Å²) in [6.07, 6.45) is 0. The van der Waals surface area contributed by atoms with Crippen LogP contribution in [0, 0.1) is 10.1 Å². The zero-order chi connectivity index (χ0) is 19.6. The van der Waals surface area contributed by atoms with Crippen molar-refractivity contribution in [2.24, 2.45) is 5.73 Å². The van der Waals surface area contributed by atoms with Gasteiger partial charge in [0.1, 0.15) is 11.4 Å². The number of primary amides is 1. The molecule has 138 valence electrons. The molecule has 0 spiro atoms. The van der Waals surface area contributed by atoms with Gasteiger partial charge in [0.25, 0.3) is 5.69 Å². The third-order valence-electron chi connectivity index (χ3n) is 4.40. The minimum Gasteiger partial charge on any atom is -0.497 e. The number of hydrogen-bond donors (Lipinski definition) is 1. The van der Waals surface area contributed by atoms with Crippen molar-refractivity contribution in [3.8, 4) is 5.75 Å². The van der Waals surface area contributed by atoms with Gasteiger partial charge in [0.05, 0.1) is 12.0 Å². The van der Waals surface area contributed by atoms with Crippen LogP contribution in [0.4, 0.5) is 11.4 Å². The van der Waals surface area contributed by atoms with Crippen molar-refractivity contribution < 1.29 is 14.5 Å². The van der Waals surface area contributed by atoms with Gasteiger partial charge >= 0.3 is 0 Å². The summed E-state index contributed by atoms with van der Waals surface area (Å²) in [4.78, 5) is 24.0. The van der Waals surface area contributed by atoms with E-state index in [1.165, 1.54) is 12.1 Å². The van der Waals surface area contributed by atoms with Crippen LogP contribution in [-0.2, 0) is 6.54 Å². The van der Waals surface area contributed by atoms with Crippen molar-refractivity contribution in [3.05, 3.63) is 75.8 Å². The van der Waals surface area contributed by atoms with Crippen molar-refractivity contribution in [3.63, 3.8) is 0 Å². The Kier molecular flexibility index (Phi) is 4.94. The van der Waals surface area contributed by atoms with Crippen molar-refractivity contribution in [2.45, 2.75) is 6.54 Å². The summed E-state index contributed by atoms with van der Waals surface area (Å²) in [7, 11) is 3.39. The maximum absolute atomic E-state index is 11.4. The highest BCUT2D eigenvalue weighted by Gasteiger charge is 2.19. The Bertz CT molecular complexity index is 1030. The largest absolute Gasteiger partial charge is 0.497 e. The number of nitro groups is 1. The monoisotopic (exact) mass is 365 g/mol. The number of nitro benzene ring substituents is 1. The normalized spacial score (nSPS) is 10.6. The van der Waals surface area contributed by atoms with Crippen LogP contribution in [0.25, 0.3) is 10.8 Å². The third kappa shape index (κ3) is 3.82. The molecule has 3 aromatic rings. The Morgan fingerprint density at radius 1 is 1.11 bits per heavy atom. The second kappa shape index (κ2) is 7.33. The zero-order valence-electron chi connectivity index (χ0n) is 15.0. The maximum Gasteiger partial charge on any atom is 0.293 e. The van der Waals surface area contributed by atoms with Crippen LogP contribution in [0.5, 0.6) is 5.75 Å². The Hall–Kier alpha value is -3.61. The van der Waals surface area contributed by atoms with E-state index in [-0.39, 0.29) is 11.3 Å². The first kappa shape index (κ1) is 18.2. The van der Waals surface area contributed by atoms with Gasteiger partial charge in [-0.3, -0.25) is 14.9 Å². The summed E-state index contributed by atoms with van der Waals surface area (Å²) < 4.78 is 5.23. The van der Waals surface area contributed by atoms with Gasteiger partial charge in [0.2, 0.25) is 5.91 Å². The van der Waals surface area contributed by atoms with Crippen LogP contribution in [-0.4, -0.2) is 25.0 Å². The van der Waals surface area contributed by atoms with Crippen LogP contribution in [0.15, 0.2) is 54.6 Å². The number of rotatable bonds is 6. The number of carbonyl (C=O) groups excluding carboxylic acids is 1. The Labute approximate surface area is 156 Å². The summed E-state index contributed by atoms with van der Waals surface area (Å²) >= 11 is 0. The topological polar surface area (TPSA) is 98.7 Å². The minimum absolute atomic E-state index is 0.110. The molecule has 0 bridgehead atoms. The number of hydrogen-bond acceptors (Lipinski definition) is 5. The van der Waals surface area contributed by atoms with Gasteiger partial charge in [-0.15, -0.1) is 0 Å². The van der Waals surface area contributed by atoms with Crippen molar-refractivity contribution in [1.29, 1.82) is 0 Å². The van der Waals surface area contributed by atoms with Gasteiger partial charge in [-0.05, 0) is 46.7 Å². The lowest BCUT2D eigenvalue weighted by Crippen LogP contribution is -2.18. The highest BCUT2D eigenvalue weighted by atomic mass is 16.6. The van der Waals surface area contributed by atoms with E-state index in [1.807, 2.05) is 36.4 Å². The molecule has 7 heteroatoms. The first-order valence-corrected chi connectivity index (χ1v) is 8.25. The van der Waals surface area contributed by atoms with Crippen LogP contribution < -0.4 is 15.4 Å². The number of fused-ring (bicyclic) bond motifs is 1. The molecule has 0 unspecified atom stereocenters. The average Bonchev–Trinajstić information content (AvgIpc) is 2.66. The number of ether oxygens (including phenoxy) is 1. The molecule has 1 amide bonds. The molecule has 0 atom stereocenters. The van der Waals surface area contributed by atoms with E-state index in [0.29, 0.717) is 12.2 Å². The van der Waals surface area contributed by atoms with E-state index in [0.717, 1.165) is 22.1 Å². The molecule has 0 heterocycles. The van der Waals surface area contributed by atoms with Gasteiger partial charge in [0, 0.05) is 25.2 Å². The van der Waals surface area contributed by atoms with Crippen LogP contribution in [0.3, 0.4) is 0 Å². The van der Waals surface area contributed by atoms with E-state index in [4.69, 9.17) is 10.5 Å². The van der Waals surface area contributed by atoms with Gasteiger partial charge in [-0.2, -0.15) is 0 Å². The molecule has 2 N–H and O–H groups in total. The Morgan fingerprint density at radius 3 is 2.48 bits per heavy atom. The number of anilines is 1. The number of nitrogens with zero attached hydrogens (tertiary/aromatic N) is 2. The van der Waals surface area contributed by atoms with Crippen molar-refractivity contribution in [2.75, 3.05) is 19.1 Å². The maximum atomic E-state index is 11.4. The summed E-state index contributed by atoms with van der Waals surface area (Å²) in [6.45, 7) is 0.471. The molecule has 27 heavy (non-hydrogen) atoms. The van der Waals surface area contributed by atoms with Gasteiger partial charge in [-0.1, -0.05) is 18.2 Å². The number of amides is 1. The lowest BCUT2D eigenvalue weighted by atomic mass is 10.1. The predicted octanol–water partition coefficient (Wildman–Crippen LogP) is 3.49. The number of methoxy groups -OCH3 is 1. The van der Waals surface area contributed by atoms with E-state index < -0.39 is 10.8 Å². The lowest BCUT2D eigenvalue weighted by Gasteiger charge is -2.20. The third-order valence-corrected chi connectivity index (χ3v) is 4.40. The molecule has 0 aliphatic carbocycles. The van der Waals surface area contributed by atoms with Gasteiger partial charge < -0.3 is 15.4 Å². The van der Waals surface area contributed by atoms with E-state index in [9.17, 15) is 14.9 Å². The minimum atomic E-state index is -0.697. The Balaban J connectivity index is 1.90. The summed E-state index contributed by atoms with van der Waals surface area (Å²) in [5, 5.41) is 13.5. The standard InChI is InChI=1S/C20H19N3O4/c1-22(18-8-6-16(20(21)24)11-19(18)23(25)26)12-13-3-4-15-10-17(27-2)7-5-14(15)9-13/h3-11H,12H2,1-2H3,(H2,21,24). The summed E-state index contributed by atoms with van der Waals surface area (Å²) in [6, 6.07) is 16.1. The smallest absolute Gasteiger partial charge is 0.293 e. The van der Waals surface area contributed by atoms with Gasteiger partial charge in [0.15, 0.2) is 0 Å². The highest BCUT2D eigenvalue weighted by Crippen LogP contribution is 2.30. The highest BCUT2D eigenvalue weighted by molar-refractivity contribution is 5.94.